The van der Waals surface area contributed by atoms with Gasteiger partial charge in [0.15, 0.2) is 0 Å². The number of methoxy groups -OCH3 is 1. The van der Waals surface area contributed by atoms with E-state index in [1.165, 1.54) is 13.2 Å². The lowest BCUT2D eigenvalue weighted by molar-refractivity contribution is 0.410. The van der Waals surface area contributed by atoms with Crippen molar-refractivity contribution >= 4 is 11.6 Å². The van der Waals surface area contributed by atoms with Crippen molar-refractivity contribution < 1.29 is 9.13 Å². The molecule has 15 heavy (non-hydrogen) atoms. The number of nitrogens with one attached hydrogen (secondary N) is 1. The molecule has 0 aromatic heterocycles. The zero-order chi connectivity index (χ0) is 10.8. The van der Waals surface area contributed by atoms with Crippen LogP contribution in [0.25, 0.3) is 0 Å². The van der Waals surface area contributed by atoms with Gasteiger partial charge in [-0.1, -0.05) is 11.6 Å². The summed E-state index contributed by atoms with van der Waals surface area (Å²) >= 11 is 5.75. The van der Waals surface area contributed by atoms with Crippen LogP contribution in [-0.4, -0.2) is 13.7 Å². The van der Waals surface area contributed by atoms with Crippen LogP contribution in [0, 0.1) is 5.82 Å². The van der Waals surface area contributed by atoms with Gasteiger partial charge in [-0.15, -0.1) is 0 Å². The highest BCUT2D eigenvalue weighted by molar-refractivity contribution is 6.32. The van der Waals surface area contributed by atoms with E-state index in [0.29, 0.717) is 5.75 Å². The Labute approximate surface area is 93.4 Å². The summed E-state index contributed by atoms with van der Waals surface area (Å²) in [6, 6.07) is 3.51. The van der Waals surface area contributed by atoms with Crippen LogP contribution in [0.2, 0.25) is 5.02 Å². The molecule has 0 aliphatic carbocycles. The van der Waals surface area contributed by atoms with Gasteiger partial charge in [0.2, 0.25) is 0 Å². The Morgan fingerprint density at radius 1 is 1.53 bits per heavy atom. The van der Waals surface area contributed by atoms with Crippen molar-refractivity contribution in [3.05, 3.63) is 28.5 Å². The molecular formula is C11H13ClFNO. The molecule has 2 nitrogen and oxygen atoms in total. The molecule has 0 radical (unpaired) electrons. The molecule has 1 saturated heterocycles. The minimum atomic E-state index is -0.417. The van der Waals surface area contributed by atoms with Crippen molar-refractivity contribution in [1.29, 1.82) is 0 Å². The van der Waals surface area contributed by atoms with E-state index in [9.17, 15) is 4.39 Å². The van der Waals surface area contributed by atoms with Crippen LogP contribution < -0.4 is 10.1 Å². The van der Waals surface area contributed by atoms with E-state index in [1.54, 1.807) is 6.07 Å². The Balaban J connectivity index is 2.35. The maximum absolute atomic E-state index is 13.4. The number of halogens is 2. The van der Waals surface area contributed by atoms with Crippen LogP contribution in [0.5, 0.6) is 5.75 Å². The lowest BCUT2D eigenvalue weighted by atomic mass is 10.0. The molecule has 0 amide bonds. The van der Waals surface area contributed by atoms with E-state index < -0.39 is 5.82 Å². The molecule has 1 aliphatic rings. The van der Waals surface area contributed by atoms with Gasteiger partial charge in [0, 0.05) is 6.04 Å². The number of benzene rings is 1. The largest absolute Gasteiger partial charge is 0.495 e. The normalized spacial score (nSPS) is 20.6. The molecule has 1 N–H and O–H groups in total. The van der Waals surface area contributed by atoms with Crippen LogP contribution in [0.4, 0.5) is 4.39 Å². The molecule has 1 aliphatic heterocycles. The molecule has 0 saturated carbocycles. The van der Waals surface area contributed by atoms with Crippen molar-refractivity contribution in [3.63, 3.8) is 0 Å². The maximum atomic E-state index is 13.4. The predicted molar refractivity (Wildman–Crippen MR) is 57.9 cm³/mol. The van der Waals surface area contributed by atoms with Gasteiger partial charge in [0.25, 0.3) is 0 Å². The van der Waals surface area contributed by atoms with Gasteiger partial charge in [-0.25, -0.2) is 4.39 Å². The standard InChI is InChI=1S/C11H13ClFNO/c1-15-10-6-7(5-8(13)11(10)12)9-3-2-4-14-9/h5-6,9,14H,2-4H2,1H3. The summed E-state index contributed by atoms with van der Waals surface area (Å²) in [5.41, 5.74) is 0.909. The number of hydrogen-bond acceptors (Lipinski definition) is 2. The van der Waals surface area contributed by atoms with Gasteiger partial charge in [0.05, 0.1) is 7.11 Å². The highest BCUT2D eigenvalue weighted by Gasteiger charge is 2.19. The third kappa shape index (κ3) is 2.08. The van der Waals surface area contributed by atoms with Crippen molar-refractivity contribution in [3.8, 4) is 5.75 Å². The molecule has 4 heteroatoms. The fourth-order valence-corrected chi connectivity index (χ4v) is 2.09. The fourth-order valence-electron chi connectivity index (χ4n) is 1.90. The monoisotopic (exact) mass is 229 g/mol. The van der Waals surface area contributed by atoms with Gasteiger partial charge in [0.1, 0.15) is 16.6 Å². The van der Waals surface area contributed by atoms with Gasteiger partial charge in [-0.2, -0.15) is 0 Å². The van der Waals surface area contributed by atoms with Crippen LogP contribution in [0.3, 0.4) is 0 Å². The smallest absolute Gasteiger partial charge is 0.145 e. The summed E-state index contributed by atoms with van der Waals surface area (Å²) in [6.07, 6.45) is 2.15. The lowest BCUT2D eigenvalue weighted by Crippen LogP contribution is -2.13. The minimum Gasteiger partial charge on any atom is -0.495 e. The van der Waals surface area contributed by atoms with Gasteiger partial charge in [-0.05, 0) is 37.1 Å². The molecular weight excluding hydrogens is 217 g/mol. The molecule has 1 heterocycles. The first kappa shape index (κ1) is 10.7. The van der Waals surface area contributed by atoms with Crippen molar-refractivity contribution in [2.75, 3.05) is 13.7 Å². The van der Waals surface area contributed by atoms with E-state index >= 15 is 0 Å². The Morgan fingerprint density at radius 3 is 2.93 bits per heavy atom. The highest BCUT2D eigenvalue weighted by Crippen LogP contribution is 2.33. The molecule has 1 fully saturated rings. The average molecular weight is 230 g/mol. The van der Waals surface area contributed by atoms with Gasteiger partial charge < -0.3 is 10.1 Å². The van der Waals surface area contributed by atoms with E-state index in [1.807, 2.05) is 0 Å². The quantitative estimate of drug-likeness (QED) is 0.842. The van der Waals surface area contributed by atoms with Crippen molar-refractivity contribution in [1.82, 2.24) is 5.32 Å². The Kier molecular flexibility index (Phi) is 3.12. The second-order valence-electron chi connectivity index (χ2n) is 3.67. The summed E-state index contributed by atoms with van der Waals surface area (Å²) in [4.78, 5) is 0. The topological polar surface area (TPSA) is 21.3 Å². The van der Waals surface area contributed by atoms with E-state index in [-0.39, 0.29) is 11.1 Å². The van der Waals surface area contributed by atoms with Crippen LogP contribution >= 0.6 is 11.6 Å². The van der Waals surface area contributed by atoms with Gasteiger partial charge >= 0.3 is 0 Å². The molecule has 1 unspecified atom stereocenters. The van der Waals surface area contributed by atoms with Crippen LogP contribution in [0.1, 0.15) is 24.4 Å². The summed E-state index contributed by atoms with van der Waals surface area (Å²) in [5, 5.41) is 3.36. The second-order valence-corrected chi connectivity index (χ2v) is 4.05. The van der Waals surface area contributed by atoms with Crippen molar-refractivity contribution in [2.24, 2.45) is 0 Å². The summed E-state index contributed by atoms with van der Waals surface area (Å²) in [7, 11) is 1.49. The Hall–Kier alpha value is -0.800. The molecule has 1 atom stereocenters. The molecule has 2 rings (SSSR count). The van der Waals surface area contributed by atoms with E-state index in [4.69, 9.17) is 16.3 Å². The SMILES string of the molecule is COc1cc(C2CCCN2)cc(F)c1Cl. The van der Waals surface area contributed by atoms with E-state index in [2.05, 4.69) is 5.32 Å². The lowest BCUT2D eigenvalue weighted by Gasteiger charge is -2.13. The van der Waals surface area contributed by atoms with Crippen molar-refractivity contribution in [2.45, 2.75) is 18.9 Å². The minimum absolute atomic E-state index is 0.0549. The molecule has 1 aromatic carbocycles. The zero-order valence-corrected chi connectivity index (χ0v) is 9.27. The summed E-state index contributed by atoms with van der Waals surface area (Å²) in [5.74, 6) is -0.0138. The fraction of sp³-hybridized carbons (Fsp3) is 0.455. The van der Waals surface area contributed by atoms with Gasteiger partial charge in [-0.3, -0.25) is 0 Å². The zero-order valence-electron chi connectivity index (χ0n) is 8.52. The number of rotatable bonds is 2. The number of ether oxygens (including phenoxy) is 1. The Morgan fingerprint density at radius 2 is 2.33 bits per heavy atom. The maximum Gasteiger partial charge on any atom is 0.145 e. The average Bonchev–Trinajstić information content (AvgIpc) is 2.75. The molecule has 82 valence electrons. The summed E-state index contributed by atoms with van der Waals surface area (Å²) < 4.78 is 18.5. The van der Waals surface area contributed by atoms with Crippen LogP contribution in [-0.2, 0) is 0 Å². The van der Waals surface area contributed by atoms with E-state index in [0.717, 1.165) is 24.9 Å². The second kappa shape index (κ2) is 4.37. The molecule has 0 spiro atoms. The predicted octanol–water partition coefficient (Wildman–Crippen LogP) is 2.91. The number of hydrogen-bond donors (Lipinski definition) is 1. The summed E-state index contributed by atoms with van der Waals surface area (Å²) in [6.45, 7) is 0.983. The first-order valence-corrected chi connectivity index (χ1v) is 5.36. The third-order valence-electron chi connectivity index (χ3n) is 2.70. The van der Waals surface area contributed by atoms with Crippen LogP contribution in [0.15, 0.2) is 12.1 Å². The first-order valence-electron chi connectivity index (χ1n) is 4.98. The Bertz CT molecular complexity index is 364. The first-order chi connectivity index (χ1) is 7.22. The highest BCUT2D eigenvalue weighted by atomic mass is 35.5. The molecule has 0 bridgehead atoms. The molecule has 1 aromatic rings. The third-order valence-corrected chi connectivity index (χ3v) is 3.07.